The average molecular weight is 282 g/mol. The van der Waals surface area contributed by atoms with E-state index in [0.717, 1.165) is 12.8 Å². The Morgan fingerprint density at radius 2 is 2.35 bits per heavy atom. The zero-order valence-corrected chi connectivity index (χ0v) is 11.8. The van der Waals surface area contributed by atoms with Crippen LogP contribution in [0.1, 0.15) is 35.9 Å². The van der Waals surface area contributed by atoms with Crippen molar-refractivity contribution in [2.24, 2.45) is 7.05 Å². The Bertz CT molecular complexity index is 534. The number of ether oxygens (including phenoxy) is 1. The topological polar surface area (TPSA) is 99.3 Å². The highest BCUT2D eigenvalue weighted by Gasteiger charge is 2.31. The molecular formula is C12H18N4O4. The van der Waals surface area contributed by atoms with Crippen LogP contribution in [-0.2, 0) is 11.8 Å². The van der Waals surface area contributed by atoms with Crippen LogP contribution in [0, 0.1) is 17.0 Å². The maximum Gasteiger partial charge on any atom is 0.322 e. The van der Waals surface area contributed by atoms with E-state index in [9.17, 15) is 14.9 Å². The van der Waals surface area contributed by atoms with E-state index in [1.165, 1.54) is 4.68 Å². The molecule has 1 saturated heterocycles. The Morgan fingerprint density at radius 1 is 1.65 bits per heavy atom. The molecule has 1 aliphatic heterocycles. The van der Waals surface area contributed by atoms with Gasteiger partial charge in [0.2, 0.25) is 5.69 Å². The smallest absolute Gasteiger partial charge is 0.322 e. The summed E-state index contributed by atoms with van der Waals surface area (Å²) in [6.07, 6.45) is 1.81. The van der Waals surface area contributed by atoms with Gasteiger partial charge in [-0.15, -0.1) is 0 Å². The number of carbonyl (C=O) groups excluding carboxylic acids is 1. The van der Waals surface area contributed by atoms with Gasteiger partial charge in [-0.25, -0.2) is 0 Å². The quantitative estimate of drug-likeness (QED) is 0.654. The summed E-state index contributed by atoms with van der Waals surface area (Å²) in [6, 6.07) is -0.202. The summed E-state index contributed by atoms with van der Waals surface area (Å²) in [7, 11) is 1.57. The first-order valence-corrected chi connectivity index (χ1v) is 6.52. The van der Waals surface area contributed by atoms with Gasteiger partial charge in [-0.2, -0.15) is 5.10 Å². The lowest BCUT2D eigenvalue weighted by Crippen LogP contribution is -2.41. The van der Waals surface area contributed by atoms with Crippen LogP contribution in [0.4, 0.5) is 5.69 Å². The van der Waals surface area contributed by atoms with Gasteiger partial charge in [0, 0.05) is 13.7 Å². The Kier molecular flexibility index (Phi) is 4.03. The summed E-state index contributed by atoms with van der Waals surface area (Å²) in [5.41, 5.74) is -0.0469. The van der Waals surface area contributed by atoms with Crippen molar-refractivity contribution in [1.82, 2.24) is 15.1 Å². The van der Waals surface area contributed by atoms with Crippen LogP contribution in [0.25, 0.3) is 0 Å². The second kappa shape index (κ2) is 5.58. The zero-order chi connectivity index (χ0) is 14.9. The Hall–Kier alpha value is -1.96. The summed E-state index contributed by atoms with van der Waals surface area (Å²) in [4.78, 5) is 22.6. The van der Waals surface area contributed by atoms with Gasteiger partial charge in [0.15, 0.2) is 0 Å². The van der Waals surface area contributed by atoms with Gasteiger partial charge in [0.1, 0.15) is 5.69 Å². The fourth-order valence-electron chi connectivity index (χ4n) is 2.33. The average Bonchev–Trinajstić information content (AvgIpc) is 2.98. The van der Waals surface area contributed by atoms with E-state index in [1.54, 1.807) is 14.0 Å². The monoisotopic (exact) mass is 282 g/mol. The molecule has 0 aliphatic carbocycles. The molecule has 1 fully saturated rings. The van der Waals surface area contributed by atoms with Crippen LogP contribution in [-0.4, -0.2) is 39.4 Å². The molecule has 0 spiro atoms. The number of carbonyl (C=O) groups is 1. The number of nitrogens with zero attached hydrogens (tertiary/aromatic N) is 3. The third-order valence-electron chi connectivity index (χ3n) is 3.58. The van der Waals surface area contributed by atoms with Crippen molar-refractivity contribution < 1.29 is 14.5 Å². The fourth-order valence-corrected chi connectivity index (χ4v) is 2.33. The Balaban J connectivity index is 2.16. The molecule has 2 heterocycles. The van der Waals surface area contributed by atoms with Crippen LogP contribution in [0.5, 0.6) is 0 Å². The Labute approximate surface area is 116 Å². The first kappa shape index (κ1) is 14.4. The third-order valence-corrected chi connectivity index (χ3v) is 3.58. The minimum Gasteiger partial charge on any atom is -0.376 e. The highest BCUT2D eigenvalue weighted by molar-refractivity contribution is 5.96. The Morgan fingerprint density at radius 3 is 2.90 bits per heavy atom. The second-order valence-electron chi connectivity index (χ2n) is 4.98. The van der Waals surface area contributed by atoms with Crippen molar-refractivity contribution >= 4 is 11.6 Å². The van der Waals surface area contributed by atoms with E-state index < -0.39 is 10.8 Å². The van der Waals surface area contributed by atoms with Crippen molar-refractivity contribution in [3.63, 3.8) is 0 Å². The van der Waals surface area contributed by atoms with E-state index in [0.29, 0.717) is 12.3 Å². The highest BCUT2D eigenvalue weighted by Crippen LogP contribution is 2.22. The SMILES string of the molecule is Cc1c([N+](=O)[O-])c(C(=O)N[C@H](C)[C@@H]2CCCO2)nn1C. The molecule has 0 radical (unpaired) electrons. The van der Waals surface area contributed by atoms with Gasteiger partial charge < -0.3 is 10.1 Å². The minimum absolute atomic E-state index is 0.0391. The third kappa shape index (κ3) is 2.64. The molecule has 2 atom stereocenters. The standard InChI is InChI=1S/C12H18N4O4/c1-7(9-5-4-6-20-9)13-12(17)10-11(16(18)19)8(2)15(3)14-10/h7,9H,4-6H2,1-3H3,(H,13,17)/t7-,9+/m1/s1. The molecule has 0 aromatic carbocycles. The summed E-state index contributed by atoms with van der Waals surface area (Å²) in [5.74, 6) is -0.539. The number of hydrogen-bond acceptors (Lipinski definition) is 5. The fraction of sp³-hybridized carbons (Fsp3) is 0.667. The lowest BCUT2D eigenvalue weighted by atomic mass is 10.1. The first-order valence-electron chi connectivity index (χ1n) is 6.52. The number of nitrogens with one attached hydrogen (secondary N) is 1. The maximum atomic E-state index is 12.2. The van der Waals surface area contributed by atoms with Gasteiger partial charge in [0.05, 0.1) is 17.1 Å². The molecule has 1 N–H and O–H groups in total. The molecule has 1 aromatic rings. The maximum absolute atomic E-state index is 12.2. The largest absolute Gasteiger partial charge is 0.376 e. The molecule has 8 heteroatoms. The molecule has 20 heavy (non-hydrogen) atoms. The van der Waals surface area contributed by atoms with Crippen LogP contribution < -0.4 is 5.32 Å². The van der Waals surface area contributed by atoms with E-state index in [4.69, 9.17) is 4.74 Å². The van der Waals surface area contributed by atoms with Crippen molar-refractivity contribution in [2.45, 2.75) is 38.8 Å². The van der Waals surface area contributed by atoms with Gasteiger partial charge in [-0.1, -0.05) is 0 Å². The van der Waals surface area contributed by atoms with Crippen LogP contribution in [0.2, 0.25) is 0 Å². The van der Waals surface area contributed by atoms with E-state index in [2.05, 4.69) is 10.4 Å². The van der Waals surface area contributed by atoms with Crippen LogP contribution in [0.3, 0.4) is 0 Å². The van der Waals surface area contributed by atoms with E-state index in [-0.39, 0.29) is 23.5 Å². The molecular weight excluding hydrogens is 264 g/mol. The predicted molar refractivity (Wildman–Crippen MR) is 70.5 cm³/mol. The molecule has 1 amide bonds. The number of aryl methyl sites for hydroxylation is 1. The molecule has 0 bridgehead atoms. The molecule has 2 rings (SSSR count). The molecule has 1 aliphatic rings. The van der Waals surface area contributed by atoms with E-state index in [1.807, 2.05) is 6.92 Å². The molecule has 0 unspecified atom stereocenters. The number of rotatable bonds is 4. The molecule has 0 saturated carbocycles. The van der Waals surface area contributed by atoms with Crippen molar-refractivity contribution in [1.29, 1.82) is 0 Å². The summed E-state index contributed by atoms with van der Waals surface area (Å²) in [6.45, 7) is 4.08. The van der Waals surface area contributed by atoms with Gasteiger partial charge >= 0.3 is 5.69 Å². The van der Waals surface area contributed by atoms with E-state index >= 15 is 0 Å². The minimum atomic E-state index is -0.575. The summed E-state index contributed by atoms with van der Waals surface area (Å²) in [5, 5.41) is 17.7. The summed E-state index contributed by atoms with van der Waals surface area (Å²) >= 11 is 0. The lowest BCUT2D eigenvalue weighted by Gasteiger charge is -2.19. The highest BCUT2D eigenvalue weighted by atomic mass is 16.6. The van der Waals surface area contributed by atoms with Gasteiger partial charge in [0.25, 0.3) is 5.91 Å². The number of amides is 1. The molecule has 1 aromatic heterocycles. The van der Waals surface area contributed by atoms with Crippen molar-refractivity contribution in [3.05, 3.63) is 21.5 Å². The normalized spacial score (nSPS) is 19.9. The number of hydrogen-bond donors (Lipinski definition) is 1. The first-order chi connectivity index (χ1) is 9.41. The molecule has 110 valence electrons. The zero-order valence-electron chi connectivity index (χ0n) is 11.8. The lowest BCUT2D eigenvalue weighted by molar-refractivity contribution is -0.385. The van der Waals surface area contributed by atoms with Crippen molar-refractivity contribution in [3.8, 4) is 0 Å². The predicted octanol–water partition coefficient (Wildman–Crippen LogP) is 0.934. The number of nitro groups is 1. The van der Waals surface area contributed by atoms with Gasteiger partial charge in [-0.05, 0) is 26.7 Å². The summed E-state index contributed by atoms with van der Waals surface area (Å²) < 4.78 is 6.82. The van der Waals surface area contributed by atoms with Gasteiger partial charge in [-0.3, -0.25) is 19.6 Å². The molecule has 8 nitrogen and oxygen atoms in total. The van der Waals surface area contributed by atoms with Crippen LogP contribution >= 0.6 is 0 Å². The second-order valence-corrected chi connectivity index (χ2v) is 4.98. The van der Waals surface area contributed by atoms with Crippen molar-refractivity contribution in [2.75, 3.05) is 6.61 Å². The van der Waals surface area contributed by atoms with Crippen LogP contribution in [0.15, 0.2) is 0 Å². The number of aromatic nitrogens is 2.